The summed E-state index contributed by atoms with van der Waals surface area (Å²) >= 11 is 0. The van der Waals surface area contributed by atoms with Gasteiger partial charge in [0.25, 0.3) is 0 Å². The van der Waals surface area contributed by atoms with Gasteiger partial charge in [0.2, 0.25) is 0 Å². The van der Waals surface area contributed by atoms with Crippen molar-refractivity contribution in [1.29, 1.82) is 0 Å². The van der Waals surface area contributed by atoms with Crippen LogP contribution in [-0.2, 0) is 10.3 Å². The molecule has 96 valence electrons. The minimum Gasteiger partial charge on any atom is -0.399 e. The highest BCUT2D eigenvalue weighted by Gasteiger charge is 2.35. The number of nitrogens with two attached hydrogens (primary N) is 1. The number of nitrogens with one attached hydrogen (secondary N) is 1. The first kappa shape index (κ1) is 14.2. The molecule has 1 fully saturated rings. The largest absolute Gasteiger partial charge is 0.399 e. The molecular weight excluding hydrogens is 247 g/mol. The van der Waals surface area contributed by atoms with E-state index in [0.717, 1.165) is 0 Å². The van der Waals surface area contributed by atoms with Gasteiger partial charge in [-0.1, -0.05) is 0 Å². The van der Waals surface area contributed by atoms with Gasteiger partial charge in [-0.05, 0) is 25.1 Å². The number of aliphatic hydroxyl groups is 1. The molecule has 6 heteroatoms. The zero-order valence-electron chi connectivity index (χ0n) is 9.44. The number of halogens is 2. The van der Waals surface area contributed by atoms with Gasteiger partial charge in [0, 0.05) is 11.3 Å². The zero-order chi connectivity index (χ0) is 11.8. The number of anilines is 1. The summed E-state index contributed by atoms with van der Waals surface area (Å²) in [5.74, 6) is -0.359. The molecule has 1 aromatic rings. The lowest BCUT2D eigenvalue weighted by molar-refractivity contribution is -0.0716. The number of morpholine rings is 1. The van der Waals surface area contributed by atoms with Gasteiger partial charge in [0.1, 0.15) is 12.0 Å². The Kier molecular flexibility index (Phi) is 4.32. The number of hydrogen-bond acceptors (Lipinski definition) is 4. The maximum Gasteiger partial charge on any atom is 0.129 e. The van der Waals surface area contributed by atoms with Crippen LogP contribution in [0.5, 0.6) is 0 Å². The highest BCUT2D eigenvalue weighted by atomic mass is 35.5. The molecule has 2 atom stereocenters. The van der Waals surface area contributed by atoms with Crippen molar-refractivity contribution in [2.45, 2.75) is 18.7 Å². The molecule has 1 saturated heterocycles. The number of aliphatic hydroxyl groups excluding tert-OH is 1. The van der Waals surface area contributed by atoms with Crippen molar-refractivity contribution < 1.29 is 14.2 Å². The molecule has 0 amide bonds. The average molecular weight is 263 g/mol. The molecule has 0 saturated carbocycles. The molecule has 4 nitrogen and oxygen atoms in total. The third-order valence-corrected chi connectivity index (χ3v) is 2.74. The fraction of sp³-hybridized carbons (Fsp3) is 0.455. The molecule has 1 heterocycles. The van der Waals surface area contributed by atoms with Crippen LogP contribution in [0.1, 0.15) is 12.5 Å². The van der Waals surface area contributed by atoms with E-state index in [1.54, 1.807) is 13.0 Å². The third-order valence-electron chi connectivity index (χ3n) is 2.74. The van der Waals surface area contributed by atoms with E-state index < -0.39 is 11.8 Å². The summed E-state index contributed by atoms with van der Waals surface area (Å²) in [7, 11) is 0. The second-order valence-electron chi connectivity index (χ2n) is 4.25. The van der Waals surface area contributed by atoms with Crippen molar-refractivity contribution in [1.82, 2.24) is 5.32 Å². The first-order valence-corrected chi connectivity index (χ1v) is 5.10. The summed E-state index contributed by atoms with van der Waals surface area (Å²) in [6, 6.07) is 4.38. The maximum absolute atomic E-state index is 13.7. The summed E-state index contributed by atoms with van der Waals surface area (Å²) in [5.41, 5.74) is 5.77. The van der Waals surface area contributed by atoms with Gasteiger partial charge in [0.05, 0.1) is 18.8 Å². The first-order chi connectivity index (χ1) is 7.51. The van der Waals surface area contributed by atoms with Crippen LogP contribution in [-0.4, -0.2) is 24.5 Å². The normalized spacial score (nSPS) is 28.5. The van der Waals surface area contributed by atoms with E-state index >= 15 is 0 Å². The van der Waals surface area contributed by atoms with Crippen LogP contribution in [0.25, 0.3) is 0 Å². The number of ether oxygens (including phenoxy) is 1. The molecule has 0 bridgehead atoms. The van der Waals surface area contributed by atoms with Crippen molar-refractivity contribution in [3.05, 3.63) is 29.6 Å². The van der Waals surface area contributed by atoms with Gasteiger partial charge in [-0.2, -0.15) is 0 Å². The van der Waals surface area contributed by atoms with E-state index in [0.29, 0.717) is 17.9 Å². The Bertz CT molecular complexity index is 405. The van der Waals surface area contributed by atoms with Crippen LogP contribution in [0.2, 0.25) is 0 Å². The van der Waals surface area contributed by atoms with Gasteiger partial charge in [-0.25, -0.2) is 4.39 Å². The summed E-state index contributed by atoms with van der Waals surface area (Å²) in [6.07, 6.45) is -0.792. The van der Waals surface area contributed by atoms with Crippen LogP contribution in [0.4, 0.5) is 10.1 Å². The van der Waals surface area contributed by atoms with E-state index in [-0.39, 0.29) is 24.8 Å². The fourth-order valence-corrected chi connectivity index (χ4v) is 1.95. The van der Waals surface area contributed by atoms with Gasteiger partial charge >= 0.3 is 0 Å². The Morgan fingerprint density at radius 2 is 2.29 bits per heavy atom. The van der Waals surface area contributed by atoms with E-state index in [4.69, 9.17) is 10.5 Å². The van der Waals surface area contributed by atoms with E-state index in [9.17, 15) is 9.50 Å². The number of hydrogen-bond donors (Lipinski definition) is 3. The van der Waals surface area contributed by atoms with Crippen LogP contribution in [0.3, 0.4) is 0 Å². The SMILES string of the molecule is C[C@@]1(c2cc(N)ccc2F)COCC(O)N1.Cl. The second kappa shape index (κ2) is 5.18. The molecule has 1 aromatic carbocycles. The van der Waals surface area contributed by atoms with Crippen LogP contribution in [0.15, 0.2) is 18.2 Å². The van der Waals surface area contributed by atoms with Crippen molar-refractivity contribution in [2.24, 2.45) is 0 Å². The molecule has 1 unspecified atom stereocenters. The van der Waals surface area contributed by atoms with Crippen LogP contribution < -0.4 is 11.1 Å². The minimum absolute atomic E-state index is 0. The van der Waals surface area contributed by atoms with Crippen molar-refractivity contribution in [3.63, 3.8) is 0 Å². The lowest BCUT2D eigenvalue weighted by Crippen LogP contribution is -2.55. The molecule has 1 aliphatic heterocycles. The summed E-state index contributed by atoms with van der Waals surface area (Å²) in [5, 5.41) is 12.4. The first-order valence-electron chi connectivity index (χ1n) is 5.10. The van der Waals surface area contributed by atoms with Gasteiger partial charge < -0.3 is 15.6 Å². The molecule has 0 radical (unpaired) electrons. The number of nitrogen functional groups attached to an aromatic ring is 1. The maximum atomic E-state index is 13.7. The highest BCUT2D eigenvalue weighted by Crippen LogP contribution is 2.28. The topological polar surface area (TPSA) is 67.5 Å². The van der Waals surface area contributed by atoms with E-state index in [1.807, 2.05) is 0 Å². The van der Waals surface area contributed by atoms with Gasteiger partial charge in [-0.15, -0.1) is 12.4 Å². The quantitative estimate of drug-likeness (QED) is 0.660. The summed E-state index contributed by atoms with van der Waals surface area (Å²) in [4.78, 5) is 0. The molecule has 0 aliphatic carbocycles. The lowest BCUT2D eigenvalue weighted by Gasteiger charge is -2.38. The Morgan fingerprint density at radius 1 is 1.59 bits per heavy atom. The Morgan fingerprint density at radius 3 is 2.94 bits per heavy atom. The third kappa shape index (κ3) is 2.87. The Balaban J connectivity index is 0.00000144. The Labute approximate surface area is 105 Å². The van der Waals surface area contributed by atoms with E-state index in [2.05, 4.69) is 5.32 Å². The molecule has 1 aliphatic rings. The van der Waals surface area contributed by atoms with Gasteiger partial charge in [0.15, 0.2) is 0 Å². The monoisotopic (exact) mass is 262 g/mol. The second-order valence-corrected chi connectivity index (χ2v) is 4.25. The summed E-state index contributed by atoms with van der Waals surface area (Å²) < 4.78 is 18.9. The average Bonchev–Trinajstić information content (AvgIpc) is 2.21. The molecule has 2 rings (SSSR count). The highest BCUT2D eigenvalue weighted by molar-refractivity contribution is 5.85. The van der Waals surface area contributed by atoms with Crippen LogP contribution in [0, 0.1) is 5.82 Å². The number of benzene rings is 1. The van der Waals surface area contributed by atoms with Crippen molar-refractivity contribution in [3.8, 4) is 0 Å². The van der Waals surface area contributed by atoms with Crippen LogP contribution >= 0.6 is 12.4 Å². The summed E-state index contributed by atoms with van der Waals surface area (Å²) in [6.45, 7) is 2.27. The molecule has 0 aromatic heterocycles. The fourth-order valence-electron chi connectivity index (χ4n) is 1.95. The zero-order valence-corrected chi connectivity index (χ0v) is 10.3. The van der Waals surface area contributed by atoms with Crippen molar-refractivity contribution >= 4 is 18.1 Å². The van der Waals surface area contributed by atoms with Crippen molar-refractivity contribution in [2.75, 3.05) is 18.9 Å². The Hall–Kier alpha value is -0.880. The van der Waals surface area contributed by atoms with E-state index in [1.165, 1.54) is 12.1 Å². The predicted octanol–water partition coefficient (Wildman–Crippen LogP) is 0.983. The standard InChI is InChI=1S/C11H15FN2O2.ClH/c1-11(6-16-5-10(15)14-11)8-4-7(13)2-3-9(8)12;/h2-4,10,14-15H,5-6,13H2,1H3;1H/t10?,11-;/m0./s1. The minimum atomic E-state index is -0.792. The smallest absolute Gasteiger partial charge is 0.129 e. The molecular formula is C11H16ClFN2O2. The molecule has 0 spiro atoms. The predicted molar refractivity (Wildman–Crippen MR) is 65.4 cm³/mol. The van der Waals surface area contributed by atoms with Gasteiger partial charge in [-0.3, -0.25) is 5.32 Å². The number of rotatable bonds is 1. The molecule has 4 N–H and O–H groups in total. The molecule has 17 heavy (non-hydrogen) atoms. The lowest BCUT2D eigenvalue weighted by atomic mass is 9.91.